The lowest BCUT2D eigenvalue weighted by Crippen LogP contribution is -3.00. The van der Waals surface area contributed by atoms with E-state index in [1.54, 1.807) is 4.52 Å². The van der Waals surface area contributed by atoms with Crippen LogP contribution in [0.2, 0.25) is 0 Å². The molecule has 3 N–H and O–H groups in total. The first kappa shape index (κ1) is 18.1. The summed E-state index contributed by atoms with van der Waals surface area (Å²) in [5.41, 5.74) is 8.99. The maximum Gasteiger partial charge on any atom is 0.182 e. The molecule has 0 spiro atoms. The normalized spacial score (nSPS) is 9.86. The molecule has 0 bridgehead atoms. The molecule has 118 valence electrons. The molecule has 0 unspecified atom stereocenters. The van der Waals surface area contributed by atoms with Crippen LogP contribution in [0.5, 0.6) is 0 Å². The summed E-state index contributed by atoms with van der Waals surface area (Å²) in [7, 11) is 2.05. The standard InChI is InChI=1S/C15H18N5.2ClH/c1-19-10-4-2-6-12(19)8-9-17-15-14(16)13-7-3-5-11-20(13)18-15;;/h2-7,10-11H,8-9,16H2,1H3,(H,17,18);2*1H/q+1;;/p-1. The van der Waals surface area contributed by atoms with Gasteiger partial charge in [0.05, 0.1) is 5.52 Å². The second-order valence-corrected chi connectivity index (χ2v) is 4.77. The summed E-state index contributed by atoms with van der Waals surface area (Å²) in [5, 5.41) is 7.75. The molecule has 0 radical (unpaired) electrons. The predicted octanol–water partition coefficient (Wildman–Crippen LogP) is -1.18. The smallest absolute Gasteiger partial charge is 0.182 e. The lowest BCUT2D eigenvalue weighted by atomic mass is 10.2. The van der Waals surface area contributed by atoms with Gasteiger partial charge in [-0.25, -0.2) is 9.08 Å². The summed E-state index contributed by atoms with van der Waals surface area (Å²) >= 11 is 0. The maximum atomic E-state index is 6.10. The minimum Gasteiger partial charge on any atom is -1.00 e. The number of nitrogens with one attached hydrogen (secondary N) is 1. The van der Waals surface area contributed by atoms with Gasteiger partial charge in [-0.15, -0.1) is 17.5 Å². The predicted molar refractivity (Wildman–Crippen MR) is 86.7 cm³/mol. The Morgan fingerprint density at radius 2 is 2.00 bits per heavy atom. The van der Waals surface area contributed by atoms with Crippen LogP contribution in [0.3, 0.4) is 0 Å². The number of hydrogen-bond donors (Lipinski definition) is 2. The van der Waals surface area contributed by atoms with Crippen LogP contribution < -0.4 is 28.0 Å². The van der Waals surface area contributed by atoms with Crippen LogP contribution >= 0.6 is 12.4 Å². The first-order chi connectivity index (χ1) is 9.75. The average molecular weight is 340 g/mol. The van der Waals surface area contributed by atoms with Gasteiger partial charge in [0, 0.05) is 31.3 Å². The van der Waals surface area contributed by atoms with E-state index in [4.69, 9.17) is 5.73 Å². The summed E-state index contributed by atoms with van der Waals surface area (Å²) in [5.74, 6) is 0.745. The van der Waals surface area contributed by atoms with Crippen LogP contribution in [-0.4, -0.2) is 16.2 Å². The summed E-state index contributed by atoms with van der Waals surface area (Å²) < 4.78 is 3.91. The Morgan fingerprint density at radius 3 is 2.73 bits per heavy atom. The van der Waals surface area contributed by atoms with Crippen molar-refractivity contribution in [3.8, 4) is 0 Å². The van der Waals surface area contributed by atoms with Gasteiger partial charge in [0.1, 0.15) is 12.7 Å². The lowest BCUT2D eigenvalue weighted by molar-refractivity contribution is -0.679. The van der Waals surface area contributed by atoms with E-state index < -0.39 is 0 Å². The van der Waals surface area contributed by atoms with Crippen molar-refractivity contribution in [2.75, 3.05) is 17.6 Å². The van der Waals surface area contributed by atoms with Crippen molar-refractivity contribution >= 4 is 29.4 Å². The molecule has 3 rings (SSSR count). The highest BCUT2D eigenvalue weighted by atomic mass is 35.5. The third-order valence-electron chi connectivity index (χ3n) is 3.41. The third-order valence-corrected chi connectivity index (χ3v) is 3.41. The van der Waals surface area contributed by atoms with Gasteiger partial charge in [0.2, 0.25) is 0 Å². The van der Waals surface area contributed by atoms with E-state index in [1.807, 2.05) is 30.5 Å². The van der Waals surface area contributed by atoms with Crippen LogP contribution in [0.15, 0.2) is 48.8 Å². The Labute approximate surface area is 142 Å². The fourth-order valence-corrected chi connectivity index (χ4v) is 2.28. The van der Waals surface area contributed by atoms with Crippen LogP contribution in [0.1, 0.15) is 5.69 Å². The molecule has 3 aromatic rings. The highest BCUT2D eigenvalue weighted by Crippen LogP contribution is 2.22. The minimum absolute atomic E-state index is 0. The molecule has 0 aliphatic rings. The van der Waals surface area contributed by atoms with Crippen LogP contribution in [0.25, 0.3) is 5.52 Å². The zero-order valence-electron chi connectivity index (χ0n) is 12.2. The Kier molecular flexibility index (Phi) is 6.46. The number of fused-ring (bicyclic) bond motifs is 1. The van der Waals surface area contributed by atoms with Crippen LogP contribution in [0, 0.1) is 0 Å². The number of halogens is 2. The number of nitrogen functional groups attached to an aromatic ring is 1. The molecule has 0 fully saturated rings. The largest absolute Gasteiger partial charge is 1.00 e. The Morgan fingerprint density at radius 1 is 1.23 bits per heavy atom. The number of aromatic nitrogens is 3. The van der Waals surface area contributed by atoms with E-state index in [-0.39, 0.29) is 24.8 Å². The Balaban J connectivity index is 0.00000121. The summed E-state index contributed by atoms with van der Waals surface area (Å²) in [6.45, 7) is 0.798. The number of nitrogens with zero attached hydrogens (tertiary/aromatic N) is 3. The molecule has 5 nitrogen and oxygen atoms in total. The van der Waals surface area contributed by atoms with Gasteiger partial charge in [-0.1, -0.05) is 12.1 Å². The zero-order chi connectivity index (χ0) is 13.9. The van der Waals surface area contributed by atoms with Crippen LogP contribution in [0.4, 0.5) is 11.5 Å². The SMILES string of the molecule is C[n+]1ccccc1CCNc1nn2ccccc2c1N.Cl.[Cl-]. The number of rotatable bonds is 4. The molecule has 3 aromatic heterocycles. The van der Waals surface area contributed by atoms with E-state index in [2.05, 4.69) is 40.4 Å². The molecule has 0 aliphatic carbocycles. The second kappa shape index (κ2) is 7.87. The van der Waals surface area contributed by atoms with Crippen molar-refractivity contribution in [1.29, 1.82) is 0 Å². The molecular formula is C15H19Cl2N5. The molecule has 0 saturated carbocycles. The Hall–Kier alpha value is -1.98. The van der Waals surface area contributed by atoms with Crippen molar-refractivity contribution in [1.82, 2.24) is 9.61 Å². The molecule has 0 saturated heterocycles. The molecular weight excluding hydrogens is 321 g/mol. The number of anilines is 2. The van der Waals surface area contributed by atoms with Crippen molar-refractivity contribution < 1.29 is 17.0 Å². The summed E-state index contributed by atoms with van der Waals surface area (Å²) in [6, 6.07) is 12.1. The number of pyridine rings is 2. The van der Waals surface area contributed by atoms with Gasteiger partial charge in [0.15, 0.2) is 17.7 Å². The summed E-state index contributed by atoms with van der Waals surface area (Å²) in [6.07, 6.45) is 4.87. The van der Waals surface area contributed by atoms with Crippen molar-refractivity contribution in [2.45, 2.75) is 6.42 Å². The Bertz CT molecular complexity index is 742. The summed E-state index contributed by atoms with van der Waals surface area (Å²) in [4.78, 5) is 0. The fourth-order valence-electron chi connectivity index (χ4n) is 2.28. The average Bonchev–Trinajstić information content (AvgIpc) is 2.78. The van der Waals surface area contributed by atoms with E-state index in [0.29, 0.717) is 5.69 Å². The van der Waals surface area contributed by atoms with Crippen LogP contribution in [-0.2, 0) is 13.5 Å². The monoisotopic (exact) mass is 339 g/mol. The number of hydrogen-bond acceptors (Lipinski definition) is 3. The van der Waals surface area contributed by atoms with Gasteiger partial charge in [-0.05, 0) is 12.1 Å². The van der Waals surface area contributed by atoms with E-state index in [1.165, 1.54) is 5.69 Å². The molecule has 0 amide bonds. The van der Waals surface area contributed by atoms with Gasteiger partial charge >= 0.3 is 0 Å². The topological polar surface area (TPSA) is 59.2 Å². The molecule has 7 heteroatoms. The van der Waals surface area contributed by atoms with Crippen molar-refractivity contribution in [3.63, 3.8) is 0 Å². The molecule has 22 heavy (non-hydrogen) atoms. The van der Waals surface area contributed by atoms with E-state index in [0.717, 1.165) is 24.3 Å². The molecule has 0 atom stereocenters. The lowest BCUT2D eigenvalue weighted by Gasteiger charge is -2.03. The quantitative estimate of drug-likeness (QED) is 0.588. The van der Waals surface area contributed by atoms with Gasteiger partial charge in [-0.2, -0.15) is 0 Å². The van der Waals surface area contributed by atoms with Gasteiger partial charge in [-0.3, -0.25) is 0 Å². The number of aryl methyl sites for hydroxylation is 1. The molecule has 0 aromatic carbocycles. The fraction of sp³-hybridized carbons (Fsp3) is 0.200. The maximum absolute atomic E-state index is 6.10. The van der Waals surface area contributed by atoms with E-state index >= 15 is 0 Å². The minimum atomic E-state index is 0. The highest BCUT2D eigenvalue weighted by Gasteiger charge is 2.09. The first-order valence-corrected chi connectivity index (χ1v) is 6.66. The highest BCUT2D eigenvalue weighted by molar-refractivity contribution is 5.85. The molecule has 3 heterocycles. The van der Waals surface area contributed by atoms with E-state index in [9.17, 15) is 0 Å². The first-order valence-electron chi connectivity index (χ1n) is 6.66. The number of nitrogens with two attached hydrogens (primary N) is 1. The third kappa shape index (κ3) is 3.61. The zero-order valence-corrected chi connectivity index (χ0v) is 13.8. The van der Waals surface area contributed by atoms with Crippen molar-refractivity contribution in [2.24, 2.45) is 7.05 Å². The molecule has 0 aliphatic heterocycles. The second-order valence-electron chi connectivity index (χ2n) is 4.77. The van der Waals surface area contributed by atoms with Crippen molar-refractivity contribution in [3.05, 3.63) is 54.5 Å². The van der Waals surface area contributed by atoms with Gasteiger partial charge < -0.3 is 23.5 Å². The van der Waals surface area contributed by atoms with Gasteiger partial charge in [0.25, 0.3) is 0 Å².